The topological polar surface area (TPSA) is 60.7 Å². The number of aliphatic hydroxyl groups is 3. The van der Waals surface area contributed by atoms with Gasteiger partial charge >= 0.3 is 0 Å². The molecule has 0 saturated carbocycles. The number of hydrogen-bond acceptors (Lipinski definition) is 4. The van der Waals surface area contributed by atoms with E-state index in [0.717, 1.165) is 0 Å². The summed E-state index contributed by atoms with van der Waals surface area (Å²) >= 11 is 3.95. The van der Waals surface area contributed by atoms with Crippen LogP contribution >= 0.6 is 12.6 Å². The molecule has 0 unspecified atom stereocenters. The standard InChI is InChI=1S/C6H10O3S/c7-3-1-2-4(10)6(9)5(3)8/h1-10H/t3-,4+,5+,6-/m0/s1. The average molecular weight is 162 g/mol. The molecule has 0 aromatic carbocycles. The summed E-state index contributed by atoms with van der Waals surface area (Å²) in [5.74, 6) is 0. The molecular weight excluding hydrogens is 152 g/mol. The Hall–Kier alpha value is -0.0300. The lowest BCUT2D eigenvalue weighted by molar-refractivity contribution is -0.0427. The molecule has 0 spiro atoms. The smallest absolute Gasteiger partial charge is 0.111 e. The lowest BCUT2D eigenvalue weighted by Gasteiger charge is -2.27. The van der Waals surface area contributed by atoms with E-state index in [0.29, 0.717) is 0 Å². The zero-order chi connectivity index (χ0) is 7.72. The summed E-state index contributed by atoms with van der Waals surface area (Å²) in [5, 5.41) is 26.7. The van der Waals surface area contributed by atoms with Crippen LogP contribution in [-0.4, -0.2) is 38.9 Å². The van der Waals surface area contributed by atoms with Crippen molar-refractivity contribution in [1.82, 2.24) is 0 Å². The maximum atomic E-state index is 9.08. The van der Waals surface area contributed by atoms with Gasteiger partial charge in [0.1, 0.15) is 12.2 Å². The van der Waals surface area contributed by atoms with Crippen molar-refractivity contribution < 1.29 is 15.3 Å². The van der Waals surface area contributed by atoms with Gasteiger partial charge in [0.25, 0.3) is 0 Å². The van der Waals surface area contributed by atoms with Crippen LogP contribution in [0.25, 0.3) is 0 Å². The van der Waals surface area contributed by atoms with Crippen LogP contribution in [-0.2, 0) is 0 Å². The first-order valence-electron chi connectivity index (χ1n) is 3.03. The van der Waals surface area contributed by atoms with Crippen molar-refractivity contribution in [1.29, 1.82) is 0 Å². The van der Waals surface area contributed by atoms with Gasteiger partial charge in [-0.25, -0.2) is 0 Å². The molecular formula is C6H10O3S. The Bertz CT molecular complexity index is 132. The van der Waals surface area contributed by atoms with Crippen molar-refractivity contribution in [2.75, 3.05) is 0 Å². The second-order valence-corrected chi connectivity index (χ2v) is 2.94. The molecule has 1 rings (SSSR count). The molecule has 0 amide bonds. The Morgan fingerprint density at radius 3 is 2.10 bits per heavy atom. The largest absolute Gasteiger partial charge is 0.389 e. The number of hydrogen-bond donors (Lipinski definition) is 4. The molecule has 3 nitrogen and oxygen atoms in total. The molecule has 0 aromatic rings. The minimum atomic E-state index is -1.10. The van der Waals surface area contributed by atoms with E-state index >= 15 is 0 Å². The third-order valence-electron chi connectivity index (χ3n) is 1.56. The monoisotopic (exact) mass is 162 g/mol. The van der Waals surface area contributed by atoms with Crippen LogP contribution in [0.2, 0.25) is 0 Å². The van der Waals surface area contributed by atoms with Crippen LogP contribution in [0.4, 0.5) is 0 Å². The van der Waals surface area contributed by atoms with E-state index in [-0.39, 0.29) is 5.25 Å². The SMILES string of the molecule is O[C@@H]1[C@H](O)[C@@H](O)C=C[C@H]1S. The molecule has 1 aliphatic rings. The summed E-state index contributed by atoms with van der Waals surface area (Å²) in [6.07, 6.45) is -0.0468. The predicted molar refractivity (Wildman–Crippen MR) is 39.9 cm³/mol. The van der Waals surface area contributed by atoms with Crippen LogP contribution in [0.1, 0.15) is 0 Å². The highest BCUT2D eigenvalue weighted by molar-refractivity contribution is 7.81. The average Bonchev–Trinajstić information content (AvgIpc) is 1.93. The molecule has 0 fully saturated rings. The summed E-state index contributed by atoms with van der Waals surface area (Å²) in [7, 11) is 0. The summed E-state index contributed by atoms with van der Waals surface area (Å²) < 4.78 is 0. The van der Waals surface area contributed by atoms with Gasteiger partial charge in [-0.05, 0) is 0 Å². The van der Waals surface area contributed by atoms with Crippen LogP contribution in [0, 0.1) is 0 Å². The van der Waals surface area contributed by atoms with E-state index in [4.69, 9.17) is 15.3 Å². The maximum absolute atomic E-state index is 9.08. The molecule has 4 atom stereocenters. The zero-order valence-corrected chi connectivity index (χ0v) is 6.15. The van der Waals surface area contributed by atoms with Crippen molar-refractivity contribution in [2.24, 2.45) is 0 Å². The highest BCUT2D eigenvalue weighted by atomic mass is 32.1. The van der Waals surface area contributed by atoms with Crippen LogP contribution in [0.5, 0.6) is 0 Å². The highest BCUT2D eigenvalue weighted by Gasteiger charge is 2.30. The van der Waals surface area contributed by atoms with E-state index in [9.17, 15) is 0 Å². The second kappa shape index (κ2) is 2.92. The van der Waals surface area contributed by atoms with Gasteiger partial charge in [-0.3, -0.25) is 0 Å². The van der Waals surface area contributed by atoms with Gasteiger partial charge in [-0.15, -0.1) is 0 Å². The Morgan fingerprint density at radius 2 is 1.60 bits per heavy atom. The lowest BCUT2D eigenvalue weighted by Crippen LogP contribution is -2.44. The minimum absolute atomic E-state index is 0.376. The third kappa shape index (κ3) is 1.34. The Kier molecular flexibility index (Phi) is 2.36. The van der Waals surface area contributed by atoms with Crippen molar-refractivity contribution in [3.63, 3.8) is 0 Å². The summed E-state index contributed by atoms with van der Waals surface area (Å²) in [5.41, 5.74) is 0. The maximum Gasteiger partial charge on any atom is 0.111 e. The fraction of sp³-hybridized carbons (Fsp3) is 0.667. The summed E-state index contributed by atoms with van der Waals surface area (Å²) in [6.45, 7) is 0. The molecule has 0 aromatic heterocycles. The van der Waals surface area contributed by atoms with Gasteiger partial charge in [0.05, 0.1) is 6.10 Å². The van der Waals surface area contributed by atoms with Gasteiger partial charge in [0.15, 0.2) is 0 Å². The van der Waals surface area contributed by atoms with Gasteiger partial charge in [-0.2, -0.15) is 12.6 Å². The normalized spacial score (nSPS) is 47.6. The number of aliphatic hydroxyl groups excluding tert-OH is 3. The highest BCUT2D eigenvalue weighted by Crippen LogP contribution is 2.17. The van der Waals surface area contributed by atoms with E-state index in [1.54, 1.807) is 6.08 Å². The molecule has 1 aliphatic carbocycles. The first-order chi connectivity index (χ1) is 4.63. The predicted octanol–water partition coefficient (Wildman–Crippen LogP) is -1.06. The first-order valence-corrected chi connectivity index (χ1v) is 3.55. The van der Waals surface area contributed by atoms with Gasteiger partial charge < -0.3 is 15.3 Å². The van der Waals surface area contributed by atoms with Gasteiger partial charge in [0.2, 0.25) is 0 Å². The Morgan fingerprint density at radius 1 is 1.00 bits per heavy atom. The molecule has 3 N–H and O–H groups in total. The van der Waals surface area contributed by atoms with Crippen molar-refractivity contribution >= 4 is 12.6 Å². The Balaban J connectivity index is 2.69. The van der Waals surface area contributed by atoms with Crippen molar-refractivity contribution in [3.05, 3.63) is 12.2 Å². The fourth-order valence-electron chi connectivity index (χ4n) is 0.859. The van der Waals surface area contributed by atoms with Crippen molar-refractivity contribution in [2.45, 2.75) is 23.6 Å². The van der Waals surface area contributed by atoms with Crippen LogP contribution in [0.15, 0.2) is 12.2 Å². The van der Waals surface area contributed by atoms with E-state index in [1.165, 1.54) is 6.08 Å². The molecule has 0 saturated heterocycles. The fourth-order valence-corrected chi connectivity index (χ4v) is 1.14. The van der Waals surface area contributed by atoms with Gasteiger partial charge in [0, 0.05) is 5.25 Å². The van der Waals surface area contributed by atoms with Crippen molar-refractivity contribution in [3.8, 4) is 0 Å². The molecule has 0 radical (unpaired) electrons. The van der Waals surface area contributed by atoms with Gasteiger partial charge in [-0.1, -0.05) is 12.2 Å². The third-order valence-corrected chi connectivity index (χ3v) is 2.03. The summed E-state index contributed by atoms with van der Waals surface area (Å²) in [4.78, 5) is 0. The van der Waals surface area contributed by atoms with E-state index < -0.39 is 18.3 Å². The molecule has 58 valence electrons. The lowest BCUT2D eigenvalue weighted by atomic mass is 9.98. The molecule has 4 heteroatoms. The van der Waals surface area contributed by atoms with E-state index in [2.05, 4.69) is 12.6 Å². The molecule has 0 aliphatic heterocycles. The first kappa shape index (κ1) is 8.07. The zero-order valence-electron chi connectivity index (χ0n) is 5.25. The minimum Gasteiger partial charge on any atom is -0.389 e. The quantitative estimate of drug-likeness (QED) is 0.271. The van der Waals surface area contributed by atoms with E-state index in [1.807, 2.05) is 0 Å². The number of rotatable bonds is 0. The molecule has 0 bridgehead atoms. The Labute approximate surface area is 64.4 Å². The molecule has 0 heterocycles. The second-order valence-electron chi connectivity index (χ2n) is 2.35. The summed E-state index contributed by atoms with van der Waals surface area (Å²) in [6, 6.07) is 0. The van der Waals surface area contributed by atoms with Crippen LogP contribution in [0.3, 0.4) is 0 Å². The van der Waals surface area contributed by atoms with Crippen LogP contribution < -0.4 is 0 Å². The molecule has 10 heavy (non-hydrogen) atoms. The number of thiol groups is 1.